The van der Waals surface area contributed by atoms with Crippen LogP contribution in [0.2, 0.25) is 5.02 Å². The molecule has 0 aliphatic carbocycles. The Balaban J connectivity index is 2.10. The number of anilines is 2. The van der Waals surface area contributed by atoms with Crippen LogP contribution in [0.1, 0.15) is 6.92 Å². The van der Waals surface area contributed by atoms with Crippen molar-refractivity contribution in [3.8, 4) is 5.69 Å². The van der Waals surface area contributed by atoms with E-state index in [1.165, 1.54) is 0 Å². The van der Waals surface area contributed by atoms with Gasteiger partial charge in [-0.3, -0.25) is 4.90 Å². The van der Waals surface area contributed by atoms with Gasteiger partial charge in [-0.05, 0) is 19.1 Å². The summed E-state index contributed by atoms with van der Waals surface area (Å²) in [5, 5.41) is 8.56. The largest absolute Gasteiger partial charge is 0.382 e. The Morgan fingerprint density at radius 2 is 2.00 bits per heavy atom. The lowest BCUT2D eigenvalue weighted by molar-refractivity contribution is -0.647. The molecule has 22 heavy (non-hydrogen) atoms. The van der Waals surface area contributed by atoms with Crippen LogP contribution in [-0.4, -0.2) is 37.9 Å². The summed E-state index contributed by atoms with van der Waals surface area (Å²) in [6.45, 7) is 5.88. The van der Waals surface area contributed by atoms with Gasteiger partial charge in [0.15, 0.2) is 10.7 Å². The number of benzene rings is 1. The van der Waals surface area contributed by atoms with Gasteiger partial charge >= 0.3 is 5.82 Å². The Morgan fingerprint density at radius 3 is 2.68 bits per heavy atom. The van der Waals surface area contributed by atoms with Crippen molar-refractivity contribution in [1.82, 2.24) is 5.10 Å². The first-order chi connectivity index (χ1) is 10.8. The molecule has 1 fully saturated rings. The molecule has 6 heteroatoms. The van der Waals surface area contributed by atoms with Gasteiger partial charge in [0.25, 0.3) is 0 Å². The minimum atomic E-state index is 0.697. The van der Waals surface area contributed by atoms with Crippen LogP contribution in [0.4, 0.5) is 11.5 Å². The van der Waals surface area contributed by atoms with Crippen molar-refractivity contribution in [2.24, 2.45) is 0 Å². The highest BCUT2D eigenvalue weighted by atomic mass is 35.5. The minimum absolute atomic E-state index is 0.697. The van der Waals surface area contributed by atoms with Crippen molar-refractivity contribution in [2.75, 3.05) is 43.1 Å². The zero-order chi connectivity index (χ0) is 15.4. The molecule has 0 unspecified atom stereocenters. The molecular formula is C16H20ClN4O+. The van der Waals surface area contributed by atoms with Crippen LogP contribution >= 0.6 is 11.6 Å². The molecule has 0 spiro atoms. The van der Waals surface area contributed by atoms with Crippen LogP contribution in [0.15, 0.2) is 36.5 Å². The molecule has 1 aromatic heterocycles. The SMILES string of the molecule is CCNc1cn[n+](-c2ccccc2)c(N2CCOCC2)c1Cl. The molecule has 1 N–H and O–H groups in total. The van der Waals surface area contributed by atoms with Crippen molar-refractivity contribution in [1.29, 1.82) is 0 Å². The van der Waals surface area contributed by atoms with E-state index in [2.05, 4.69) is 15.3 Å². The molecule has 1 saturated heterocycles. The molecule has 3 rings (SSSR count). The van der Waals surface area contributed by atoms with Gasteiger partial charge in [0.2, 0.25) is 0 Å². The van der Waals surface area contributed by atoms with Crippen LogP contribution in [0.3, 0.4) is 0 Å². The molecule has 0 amide bonds. The van der Waals surface area contributed by atoms with E-state index in [1.807, 2.05) is 41.9 Å². The fourth-order valence-electron chi connectivity index (χ4n) is 2.56. The average molecular weight is 320 g/mol. The summed E-state index contributed by atoms with van der Waals surface area (Å²) in [6.07, 6.45) is 1.78. The van der Waals surface area contributed by atoms with Crippen LogP contribution < -0.4 is 14.9 Å². The van der Waals surface area contributed by atoms with Gasteiger partial charge in [0.05, 0.1) is 25.1 Å². The fourth-order valence-corrected chi connectivity index (χ4v) is 2.88. The number of hydrogen-bond acceptors (Lipinski definition) is 4. The number of hydrogen-bond donors (Lipinski definition) is 1. The Morgan fingerprint density at radius 1 is 1.27 bits per heavy atom. The number of aromatic nitrogens is 2. The van der Waals surface area contributed by atoms with Crippen LogP contribution in [-0.2, 0) is 4.74 Å². The molecule has 116 valence electrons. The highest BCUT2D eigenvalue weighted by Crippen LogP contribution is 2.30. The first kappa shape index (κ1) is 15.1. The lowest BCUT2D eigenvalue weighted by Gasteiger charge is -2.24. The van der Waals surface area contributed by atoms with Gasteiger partial charge < -0.3 is 10.1 Å². The third-order valence-corrected chi connectivity index (χ3v) is 3.99. The number of nitrogens with one attached hydrogen (secondary N) is 1. The molecule has 0 bridgehead atoms. The number of morpholine rings is 1. The highest BCUT2D eigenvalue weighted by Gasteiger charge is 2.29. The second-order valence-corrected chi connectivity index (χ2v) is 5.45. The normalized spacial score (nSPS) is 14.9. The Kier molecular flexibility index (Phi) is 4.75. The zero-order valence-electron chi connectivity index (χ0n) is 12.6. The van der Waals surface area contributed by atoms with Crippen LogP contribution in [0.25, 0.3) is 5.69 Å². The molecule has 1 aliphatic heterocycles. The Labute approximate surface area is 135 Å². The van der Waals surface area contributed by atoms with E-state index in [-0.39, 0.29) is 0 Å². The molecule has 0 saturated carbocycles. The van der Waals surface area contributed by atoms with Crippen molar-refractivity contribution in [3.63, 3.8) is 0 Å². The number of rotatable bonds is 4. The Bertz CT molecular complexity index is 630. The first-order valence-electron chi connectivity index (χ1n) is 7.54. The predicted molar refractivity (Wildman–Crippen MR) is 88.0 cm³/mol. The van der Waals surface area contributed by atoms with E-state index in [1.54, 1.807) is 6.20 Å². The summed E-state index contributed by atoms with van der Waals surface area (Å²) < 4.78 is 7.35. The van der Waals surface area contributed by atoms with Gasteiger partial charge in [0, 0.05) is 6.54 Å². The summed E-state index contributed by atoms with van der Waals surface area (Å²) in [4.78, 5) is 2.23. The molecular weight excluding hydrogens is 300 g/mol. The molecule has 0 atom stereocenters. The maximum atomic E-state index is 6.67. The second kappa shape index (κ2) is 6.94. The predicted octanol–water partition coefficient (Wildman–Crippen LogP) is 2.28. The van der Waals surface area contributed by atoms with E-state index >= 15 is 0 Å². The lowest BCUT2D eigenvalue weighted by atomic mass is 10.3. The molecule has 0 radical (unpaired) electrons. The van der Waals surface area contributed by atoms with Gasteiger partial charge in [-0.15, -0.1) is 0 Å². The second-order valence-electron chi connectivity index (χ2n) is 5.07. The standard InChI is InChI=1S/C16H19ClN4O/c1-2-18-14-12-19-21(13-6-4-3-5-7-13)16(15(14)17)20-8-10-22-11-9-20/h3-7,12H,2,8-11H2,1H3/p+1. The molecule has 1 aliphatic rings. The highest BCUT2D eigenvalue weighted by molar-refractivity contribution is 6.35. The molecule has 5 nitrogen and oxygen atoms in total. The van der Waals surface area contributed by atoms with Crippen molar-refractivity contribution >= 4 is 23.1 Å². The summed E-state index contributed by atoms with van der Waals surface area (Å²) in [5.41, 5.74) is 1.85. The lowest BCUT2D eigenvalue weighted by Crippen LogP contribution is -2.47. The van der Waals surface area contributed by atoms with Gasteiger partial charge in [-0.1, -0.05) is 39.6 Å². The van der Waals surface area contributed by atoms with Crippen LogP contribution in [0, 0.1) is 0 Å². The average Bonchev–Trinajstić information content (AvgIpc) is 2.58. The molecule has 2 heterocycles. The van der Waals surface area contributed by atoms with Gasteiger partial charge in [-0.25, -0.2) is 0 Å². The maximum Gasteiger partial charge on any atom is 0.324 e. The molecule has 2 aromatic rings. The van der Waals surface area contributed by atoms with E-state index in [4.69, 9.17) is 16.3 Å². The fraction of sp³-hybridized carbons (Fsp3) is 0.375. The first-order valence-corrected chi connectivity index (χ1v) is 7.92. The Hall–Kier alpha value is -1.85. The maximum absolute atomic E-state index is 6.67. The topological polar surface area (TPSA) is 41.3 Å². The number of nitrogens with zero attached hydrogens (tertiary/aromatic N) is 3. The quantitative estimate of drug-likeness (QED) is 0.878. The number of ether oxygens (including phenoxy) is 1. The summed E-state index contributed by atoms with van der Waals surface area (Å²) in [5.74, 6) is 0.912. The number of halogens is 1. The van der Waals surface area contributed by atoms with E-state index < -0.39 is 0 Å². The molecule has 1 aromatic carbocycles. The number of para-hydroxylation sites is 1. The smallest absolute Gasteiger partial charge is 0.324 e. The van der Waals surface area contributed by atoms with Crippen molar-refractivity contribution in [3.05, 3.63) is 41.6 Å². The van der Waals surface area contributed by atoms with Crippen molar-refractivity contribution in [2.45, 2.75) is 6.92 Å². The zero-order valence-corrected chi connectivity index (χ0v) is 13.4. The van der Waals surface area contributed by atoms with Gasteiger partial charge in [-0.2, -0.15) is 0 Å². The van der Waals surface area contributed by atoms with E-state index in [0.29, 0.717) is 18.2 Å². The minimum Gasteiger partial charge on any atom is -0.382 e. The summed E-state index contributed by atoms with van der Waals surface area (Å²) in [7, 11) is 0. The van der Waals surface area contributed by atoms with Crippen molar-refractivity contribution < 1.29 is 9.42 Å². The van der Waals surface area contributed by atoms with E-state index in [9.17, 15) is 0 Å². The van der Waals surface area contributed by atoms with Gasteiger partial charge in [0.1, 0.15) is 13.1 Å². The summed E-state index contributed by atoms with van der Waals surface area (Å²) >= 11 is 6.67. The monoisotopic (exact) mass is 319 g/mol. The summed E-state index contributed by atoms with van der Waals surface area (Å²) in [6, 6.07) is 10.0. The van der Waals surface area contributed by atoms with Crippen LogP contribution in [0.5, 0.6) is 0 Å². The third-order valence-electron chi connectivity index (χ3n) is 3.61. The third kappa shape index (κ3) is 3.00. The van der Waals surface area contributed by atoms with E-state index in [0.717, 1.165) is 36.8 Å².